The lowest BCUT2D eigenvalue weighted by Crippen LogP contribution is -2.30. The normalized spacial score (nSPS) is 18.5. The number of nitriles is 2. The minimum atomic E-state index is -4.84. The zero-order chi connectivity index (χ0) is 15.6. The number of carbonyl (C=O) groups is 1. The van der Waals surface area contributed by atoms with E-state index in [1.54, 1.807) is 0 Å². The van der Waals surface area contributed by atoms with Gasteiger partial charge in [0.15, 0.2) is 5.82 Å². The molecule has 1 saturated heterocycles. The second kappa shape index (κ2) is 5.50. The fraction of sp³-hybridized carbons (Fsp3) is 0.455. The summed E-state index contributed by atoms with van der Waals surface area (Å²) < 4.78 is 36.2. The average Bonchev–Trinajstić information content (AvgIpc) is 2.98. The molecule has 8 nitrogen and oxygen atoms in total. The maximum Gasteiger partial charge on any atom is 0.307 e. The van der Waals surface area contributed by atoms with Gasteiger partial charge in [-0.2, -0.15) is 24.0 Å². The summed E-state index contributed by atoms with van der Waals surface area (Å²) in [6.45, 7) is -0.227. The third kappa shape index (κ3) is 2.85. The number of anilines is 1. The summed E-state index contributed by atoms with van der Waals surface area (Å²) in [6.07, 6.45) is 0.844. The van der Waals surface area contributed by atoms with E-state index in [1.165, 1.54) is 10.9 Å². The lowest BCUT2D eigenvalue weighted by atomic mass is 10.3. The molecular formula is C11H10FN5O3S. The molecule has 1 atom stereocenters. The number of hydrogen-bond acceptors (Lipinski definition) is 6. The Labute approximate surface area is 120 Å². The topological polar surface area (TPSA) is 120 Å². The van der Waals surface area contributed by atoms with Crippen molar-refractivity contribution in [2.45, 2.75) is 24.6 Å². The van der Waals surface area contributed by atoms with E-state index in [4.69, 9.17) is 10.5 Å². The summed E-state index contributed by atoms with van der Waals surface area (Å²) in [7, 11) is -4.84. The molecule has 1 aromatic rings. The molecular weight excluding hydrogens is 301 g/mol. The van der Waals surface area contributed by atoms with E-state index in [0.29, 0.717) is 0 Å². The van der Waals surface area contributed by atoms with Crippen molar-refractivity contribution in [2.75, 3.05) is 11.4 Å². The summed E-state index contributed by atoms with van der Waals surface area (Å²) in [4.78, 5) is 12.9. The summed E-state index contributed by atoms with van der Waals surface area (Å²) >= 11 is 0. The average molecular weight is 311 g/mol. The third-order valence-electron chi connectivity index (χ3n) is 3.11. The second-order valence-electron chi connectivity index (χ2n) is 4.43. The molecule has 0 spiro atoms. The first kappa shape index (κ1) is 14.9. The molecule has 0 aromatic carbocycles. The molecule has 0 aliphatic carbocycles. The summed E-state index contributed by atoms with van der Waals surface area (Å²) in [5, 5.41) is 20.1. The van der Waals surface area contributed by atoms with Gasteiger partial charge < -0.3 is 0 Å². The summed E-state index contributed by atoms with van der Waals surface area (Å²) in [5.41, 5.74) is 0.0678. The van der Waals surface area contributed by atoms with Crippen LogP contribution in [-0.2, 0) is 21.6 Å². The Morgan fingerprint density at radius 3 is 2.71 bits per heavy atom. The number of halogens is 1. The Hall–Kier alpha value is -2.46. The van der Waals surface area contributed by atoms with E-state index >= 15 is 0 Å². The highest BCUT2D eigenvalue weighted by Crippen LogP contribution is 2.28. The van der Waals surface area contributed by atoms with Crippen LogP contribution in [-0.4, -0.2) is 35.9 Å². The molecule has 0 bridgehead atoms. The van der Waals surface area contributed by atoms with Crippen LogP contribution in [0, 0.1) is 22.7 Å². The van der Waals surface area contributed by atoms with Crippen LogP contribution in [0.2, 0.25) is 0 Å². The molecule has 0 radical (unpaired) electrons. The molecule has 0 saturated carbocycles. The van der Waals surface area contributed by atoms with Gasteiger partial charge >= 0.3 is 10.2 Å². The van der Waals surface area contributed by atoms with Crippen molar-refractivity contribution in [1.29, 1.82) is 10.5 Å². The SMILES string of the molecule is N#CCCn1ncc(C#N)c1N1CC(S(=O)(=O)F)CC1=O. The van der Waals surface area contributed by atoms with Crippen LogP contribution in [0.3, 0.4) is 0 Å². The van der Waals surface area contributed by atoms with Crippen molar-refractivity contribution >= 4 is 21.9 Å². The Morgan fingerprint density at radius 2 is 2.19 bits per heavy atom. The number of carbonyl (C=O) groups excluding carboxylic acids is 1. The Balaban J connectivity index is 2.38. The van der Waals surface area contributed by atoms with Crippen molar-refractivity contribution in [1.82, 2.24) is 9.78 Å². The number of aromatic nitrogens is 2. The van der Waals surface area contributed by atoms with Crippen molar-refractivity contribution in [3.63, 3.8) is 0 Å². The van der Waals surface area contributed by atoms with Gasteiger partial charge in [0.25, 0.3) is 0 Å². The lowest BCUT2D eigenvalue weighted by molar-refractivity contribution is -0.117. The van der Waals surface area contributed by atoms with E-state index in [-0.39, 0.29) is 30.9 Å². The minimum Gasteiger partial charge on any atom is -0.294 e. The first-order chi connectivity index (χ1) is 9.88. The van der Waals surface area contributed by atoms with Crippen molar-refractivity contribution in [3.8, 4) is 12.1 Å². The number of aryl methyl sites for hydroxylation is 1. The highest BCUT2D eigenvalue weighted by Gasteiger charge is 2.41. The van der Waals surface area contributed by atoms with Gasteiger partial charge in [-0.25, -0.2) is 4.68 Å². The van der Waals surface area contributed by atoms with Crippen molar-refractivity contribution in [2.24, 2.45) is 0 Å². The molecule has 2 rings (SSSR count). The van der Waals surface area contributed by atoms with Gasteiger partial charge in [0, 0.05) is 13.0 Å². The highest BCUT2D eigenvalue weighted by atomic mass is 32.3. The predicted molar refractivity (Wildman–Crippen MR) is 68.0 cm³/mol. The summed E-state index contributed by atoms with van der Waals surface area (Å²) in [6, 6.07) is 3.74. The monoisotopic (exact) mass is 311 g/mol. The Morgan fingerprint density at radius 1 is 1.48 bits per heavy atom. The lowest BCUT2D eigenvalue weighted by Gasteiger charge is -2.17. The standard InChI is InChI=1S/C11H10FN5O3S/c12-21(19,20)9-4-10(18)16(7-9)11-8(5-14)6-15-17(11)3-1-2-13/h6,9H,1,3-4,7H2. The molecule has 110 valence electrons. The van der Waals surface area contributed by atoms with Gasteiger partial charge in [-0.15, -0.1) is 3.89 Å². The molecule has 1 aliphatic heterocycles. The van der Waals surface area contributed by atoms with Gasteiger partial charge in [0.05, 0.1) is 25.2 Å². The molecule has 21 heavy (non-hydrogen) atoms. The largest absolute Gasteiger partial charge is 0.307 e. The number of amides is 1. The first-order valence-corrected chi connectivity index (χ1v) is 7.40. The number of rotatable bonds is 4. The smallest absolute Gasteiger partial charge is 0.294 e. The molecule has 1 aromatic heterocycles. The van der Waals surface area contributed by atoms with Crippen LogP contribution in [0.1, 0.15) is 18.4 Å². The predicted octanol–water partition coefficient (Wildman–Crippen LogP) is 0.0731. The van der Waals surface area contributed by atoms with Crippen molar-refractivity contribution < 1.29 is 17.1 Å². The van der Waals surface area contributed by atoms with Crippen molar-refractivity contribution in [3.05, 3.63) is 11.8 Å². The fourth-order valence-corrected chi connectivity index (χ4v) is 2.80. The molecule has 0 N–H and O–H groups in total. The molecule has 1 fully saturated rings. The quantitative estimate of drug-likeness (QED) is 0.726. The summed E-state index contributed by atoms with van der Waals surface area (Å²) in [5.74, 6) is -0.500. The van der Waals surface area contributed by atoms with E-state index < -0.39 is 27.8 Å². The van der Waals surface area contributed by atoms with Crippen LogP contribution in [0.4, 0.5) is 9.70 Å². The molecule has 1 amide bonds. The zero-order valence-electron chi connectivity index (χ0n) is 10.7. The molecule has 1 aliphatic rings. The molecule has 10 heteroatoms. The van der Waals surface area contributed by atoms with Gasteiger partial charge in [0.1, 0.15) is 16.9 Å². The van der Waals surface area contributed by atoms with Gasteiger partial charge in [-0.05, 0) is 0 Å². The number of hydrogen-bond donors (Lipinski definition) is 0. The second-order valence-corrected chi connectivity index (χ2v) is 6.05. The molecule has 1 unspecified atom stereocenters. The van der Waals surface area contributed by atoms with E-state index in [1.807, 2.05) is 12.1 Å². The van der Waals surface area contributed by atoms with Crippen LogP contribution >= 0.6 is 0 Å². The van der Waals surface area contributed by atoms with Crippen LogP contribution in [0.5, 0.6) is 0 Å². The maximum absolute atomic E-state index is 13.0. The maximum atomic E-state index is 13.0. The van der Waals surface area contributed by atoms with E-state index in [0.717, 1.165) is 4.90 Å². The van der Waals surface area contributed by atoms with Crippen LogP contribution in [0.15, 0.2) is 6.20 Å². The zero-order valence-corrected chi connectivity index (χ0v) is 11.5. The number of nitrogens with zero attached hydrogens (tertiary/aromatic N) is 5. The highest BCUT2D eigenvalue weighted by molar-refractivity contribution is 7.87. The van der Waals surface area contributed by atoms with Crippen LogP contribution in [0.25, 0.3) is 0 Å². The van der Waals surface area contributed by atoms with E-state index in [9.17, 15) is 17.1 Å². The van der Waals surface area contributed by atoms with E-state index in [2.05, 4.69) is 5.10 Å². The first-order valence-electron chi connectivity index (χ1n) is 5.95. The third-order valence-corrected chi connectivity index (χ3v) is 4.22. The fourth-order valence-electron chi connectivity index (χ4n) is 2.13. The Bertz CT molecular complexity index is 758. The minimum absolute atomic E-state index is 0.0678. The van der Waals surface area contributed by atoms with Crippen LogP contribution < -0.4 is 4.90 Å². The van der Waals surface area contributed by atoms with Gasteiger partial charge in [0.2, 0.25) is 5.91 Å². The molecule has 2 heterocycles. The van der Waals surface area contributed by atoms with Gasteiger partial charge in [-0.1, -0.05) is 0 Å². The van der Waals surface area contributed by atoms with Gasteiger partial charge in [-0.3, -0.25) is 9.69 Å². The Kier molecular flexibility index (Phi) is 3.91.